The molecule has 0 aliphatic carbocycles. The summed E-state index contributed by atoms with van der Waals surface area (Å²) in [5.74, 6) is 0.602. The summed E-state index contributed by atoms with van der Waals surface area (Å²) in [4.78, 5) is 5.11. The maximum Gasteiger partial charge on any atom is 0.0707 e. The summed E-state index contributed by atoms with van der Waals surface area (Å²) in [5, 5.41) is 10.4. The largest absolute Gasteiger partial charge is 0.391 e. The molecule has 0 aliphatic rings. The Kier molecular flexibility index (Phi) is 6.62. The number of aliphatic hydroxyl groups excluding tert-OH is 1. The zero-order valence-corrected chi connectivity index (χ0v) is 14.6. The Morgan fingerprint density at radius 1 is 1.05 bits per heavy atom. The highest BCUT2D eigenvalue weighted by molar-refractivity contribution is 7.11. The molecule has 22 heavy (non-hydrogen) atoms. The summed E-state index contributed by atoms with van der Waals surface area (Å²) in [7, 11) is 0. The molecule has 2 nitrogen and oxygen atoms in total. The number of aryl methyl sites for hydroxylation is 1. The van der Waals surface area contributed by atoms with Crippen molar-refractivity contribution < 1.29 is 5.11 Å². The Hall–Kier alpha value is -1.16. The van der Waals surface area contributed by atoms with Crippen LogP contribution in [0.2, 0.25) is 0 Å². The van der Waals surface area contributed by atoms with Crippen molar-refractivity contribution in [1.29, 1.82) is 0 Å². The minimum absolute atomic E-state index is 0.317. The molecular formula is C19H27NOS. The van der Waals surface area contributed by atoms with Gasteiger partial charge in [0, 0.05) is 29.4 Å². The molecule has 3 heteroatoms. The summed E-state index contributed by atoms with van der Waals surface area (Å²) in [6, 6.07) is 14.6. The average molecular weight is 317 g/mol. The SMILES string of the molecule is Cc1ccc(CN(CC(C)C)CC(O)Cc2ccccc2)s1. The monoisotopic (exact) mass is 317 g/mol. The van der Waals surface area contributed by atoms with Crippen molar-refractivity contribution in [3.63, 3.8) is 0 Å². The molecule has 0 saturated carbocycles. The minimum atomic E-state index is -0.317. The van der Waals surface area contributed by atoms with E-state index in [9.17, 15) is 5.11 Å². The number of hydrogen-bond acceptors (Lipinski definition) is 3. The summed E-state index contributed by atoms with van der Waals surface area (Å²) in [5.41, 5.74) is 1.20. The predicted molar refractivity (Wildman–Crippen MR) is 95.3 cm³/mol. The van der Waals surface area contributed by atoms with Crippen LogP contribution in [0.15, 0.2) is 42.5 Å². The lowest BCUT2D eigenvalue weighted by atomic mass is 10.1. The fourth-order valence-corrected chi connectivity index (χ4v) is 3.69. The van der Waals surface area contributed by atoms with E-state index in [0.29, 0.717) is 5.92 Å². The van der Waals surface area contributed by atoms with Crippen molar-refractivity contribution in [2.45, 2.75) is 39.8 Å². The Morgan fingerprint density at radius 3 is 2.36 bits per heavy atom. The van der Waals surface area contributed by atoms with Gasteiger partial charge in [-0.15, -0.1) is 11.3 Å². The Morgan fingerprint density at radius 2 is 1.77 bits per heavy atom. The lowest BCUT2D eigenvalue weighted by Gasteiger charge is -2.26. The first-order valence-electron chi connectivity index (χ1n) is 8.02. The number of benzene rings is 1. The molecule has 2 rings (SSSR count). The van der Waals surface area contributed by atoms with E-state index in [-0.39, 0.29) is 6.10 Å². The van der Waals surface area contributed by atoms with Gasteiger partial charge in [-0.1, -0.05) is 44.2 Å². The molecule has 0 radical (unpaired) electrons. The van der Waals surface area contributed by atoms with Gasteiger partial charge in [-0.3, -0.25) is 4.90 Å². The summed E-state index contributed by atoms with van der Waals surface area (Å²) < 4.78 is 0. The van der Waals surface area contributed by atoms with Crippen LogP contribution in [0.5, 0.6) is 0 Å². The molecule has 0 bridgehead atoms. The maximum atomic E-state index is 10.4. The van der Waals surface area contributed by atoms with E-state index in [2.05, 4.69) is 49.9 Å². The standard InChI is InChI=1S/C19H27NOS/c1-15(2)12-20(14-19-10-9-16(3)22-19)13-18(21)11-17-7-5-4-6-8-17/h4-10,15,18,21H,11-14H2,1-3H3. The maximum absolute atomic E-state index is 10.4. The van der Waals surface area contributed by atoms with E-state index in [1.165, 1.54) is 15.3 Å². The van der Waals surface area contributed by atoms with Crippen molar-refractivity contribution in [1.82, 2.24) is 4.90 Å². The Bertz CT molecular complexity index is 550. The lowest BCUT2D eigenvalue weighted by molar-refractivity contribution is 0.102. The molecule has 1 unspecified atom stereocenters. The van der Waals surface area contributed by atoms with Gasteiger partial charge in [-0.25, -0.2) is 0 Å². The highest BCUT2D eigenvalue weighted by Gasteiger charge is 2.15. The van der Waals surface area contributed by atoms with E-state index in [4.69, 9.17) is 0 Å². The topological polar surface area (TPSA) is 23.5 Å². The summed E-state index contributed by atoms with van der Waals surface area (Å²) in [6.45, 7) is 9.28. The zero-order chi connectivity index (χ0) is 15.9. The van der Waals surface area contributed by atoms with Crippen LogP contribution < -0.4 is 0 Å². The first-order valence-corrected chi connectivity index (χ1v) is 8.84. The van der Waals surface area contributed by atoms with Gasteiger partial charge in [-0.05, 0) is 37.0 Å². The average Bonchev–Trinajstić information content (AvgIpc) is 2.84. The normalized spacial score (nSPS) is 13.0. The van der Waals surface area contributed by atoms with Crippen LogP contribution in [0.1, 0.15) is 29.2 Å². The number of nitrogens with zero attached hydrogens (tertiary/aromatic N) is 1. The smallest absolute Gasteiger partial charge is 0.0707 e. The van der Waals surface area contributed by atoms with E-state index in [1.54, 1.807) is 0 Å². The van der Waals surface area contributed by atoms with Gasteiger partial charge in [0.25, 0.3) is 0 Å². The summed E-state index contributed by atoms with van der Waals surface area (Å²) in [6.07, 6.45) is 0.404. The molecule has 0 aliphatic heterocycles. The molecule has 0 fully saturated rings. The van der Waals surface area contributed by atoms with E-state index < -0.39 is 0 Å². The molecule has 0 saturated heterocycles. The predicted octanol–water partition coefficient (Wildman–Crippen LogP) is 4.12. The second kappa shape index (κ2) is 8.47. The highest BCUT2D eigenvalue weighted by atomic mass is 32.1. The van der Waals surface area contributed by atoms with Gasteiger partial charge in [0.05, 0.1) is 6.10 Å². The first kappa shape index (κ1) is 17.2. The minimum Gasteiger partial charge on any atom is -0.391 e. The van der Waals surface area contributed by atoms with Crippen molar-refractivity contribution in [3.05, 3.63) is 57.8 Å². The van der Waals surface area contributed by atoms with Crippen LogP contribution >= 0.6 is 11.3 Å². The zero-order valence-electron chi connectivity index (χ0n) is 13.8. The molecule has 1 heterocycles. The van der Waals surface area contributed by atoms with E-state index in [0.717, 1.165) is 26.1 Å². The van der Waals surface area contributed by atoms with Crippen LogP contribution in [0.3, 0.4) is 0 Å². The molecule has 0 amide bonds. The summed E-state index contributed by atoms with van der Waals surface area (Å²) >= 11 is 1.85. The van der Waals surface area contributed by atoms with E-state index >= 15 is 0 Å². The molecule has 1 N–H and O–H groups in total. The molecule has 0 spiro atoms. The highest BCUT2D eigenvalue weighted by Crippen LogP contribution is 2.18. The van der Waals surface area contributed by atoms with E-state index in [1.807, 2.05) is 29.5 Å². The molecule has 120 valence electrons. The molecule has 1 aromatic heterocycles. The number of aliphatic hydroxyl groups is 1. The third kappa shape index (κ3) is 5.91. The van der Waals surface area contributed by atoms with Crippen molar-refractivity contribution in [3.8, 4) is 0 Å². The number of hydrogen-bond donors (Lipinski definition) is 1. The fourth-order valence-electron chi connectivity index (χ4n) is 2.76. The van der Waals surface area contributed by atoms with Gasteiger partial charge < -0.3 is 5.11 Å². The third-order valence-corrected chi connectivity index (χ3v) is 4.57. The van der Waals surface area contributed by atoms with Crippen LogP contribution in [-0.4, -0.2) is 29.2 Å². The Labute approximate surface area is 138 Å². The van der Waals surface area contributed by atoms with Crippen molar-refractivity contribution in [2.24, 2.45) is 5.92 Å². The fraction of sp³-hybridized carbons (Fsp3) is 0.474. The van der Waals surface area contributed by atoms with Crippen molar-refractivity contribution >= 4 is 11.3 Å². The van der Waals surface area contributed by atoms with Gasteiger partial charge >= 0.3 is 0 Å². The Balaban J connectivity index is 1.93. The van der Waals surface area contributed by atoms with Gasteiger partial charge in [0.1, 0.15) is 0 Å². The van der Waals surface area contributed by atoms with Crippen LogP contribution in [0.25, 0.3) is 0 Å². The second-order valence-corrected chi connectivity index (χ2v) is 7.82. The lowest BCUT2D eigenvalue weighted by Crippen LogP contribution is -2.35. The van der Waals surface area contributed by atoms with Crippen LogP contribution in [0.4, 0.5) is 0 Å². The quantitative estimate of drug-likeness (QED) is 0.792. The van der Waals surface area contributed by atoms with Crippen LogP contribution in [-0.2, 0) is 13.0 Å². The molecule has 1 aromatic carbocycles. The van der Waals surface area contributed by atoms with Gasteiger partial charge in [-0.2, -0.15) is 0 Å². The number of rotatable bonds is 8. The first-order chi connectivity index (χ1) is 10.5. The number of thiophene rings is 1. The van der Waals surface area contributed by atoms with Gasteiger partial charge in [0.2, 0.25) is 0 Å². The van der Waals surface area contributed by atoms with Gasteiger partial charge in [0.15, 0.2) is 0 Å². The molecular weight excluding hydrogens is 290 g/mol. The molecule has 2 aromatic rings. The third-order valence-electron chi connectivity index (χ3n) is 3.58. The van der Waals surface area contributed by atoms with Crippen LogP contribution in [0, 0.1) is 12.8 Å². The van der Waals surface area contributed by atoms with Crippen molar-refractivity contribution in [2.75, 3.05) is 13.1 Å². The molecule has 1 atom stereocenters. The second-order valence-electron chi connectivity index (χ2n) is 6.44.